The molecule has 1 heterocycles. The van der Waals surface area contributed by atoms with E-state index in [1.165, 1.54) is 11.3 Å². The lowest BCUT2D eigenvalue weighted by Crippen LogP contribution is -2.33. The minimum Gasteiger partial charge on any atom is -0.396 e. The molecule has 1 rings (SSSR count). The molecule has 1 unspecified atom stereocenters. The SMILES string of the molecule is Cc1nc(N)sc1C(=O)NC(C)CCO. The number of hydrogen-bond donors (Lipinski definition) is 3. The third-order valence-electron chi connectivity index (χ3n) is 1.96. The Hall–Kier alpha value is -1.14. The van der Waals surface area contributed by atoms with Gasteiger partial charge in [0, 0.05) is 12.6 Å². The number of anilines is 1. The van der Waals surface area contributed by atoms with Crippen molar-refractivity contribution in [3.63, 3.8) is 0 Å². The summed E-state index contributed by atoms with van der Waals surface area (Å²) in [5, 5.41) is 11.9. The highest BCUT2D eigenvalue weighted by Gasteiger charge is 2.15. The molecular weight excluding hydrogens is 214 g/mol. The summed E-state index contributed by atoms with van der Waals surface area (Å²) >= 11 is 1.17. The quantitative estimate of drug-likeness (QED) is 0.703. The summed E-state index contributed by atoms with van der Waals surface area (Å²) in [5.41, 5.74) is 6.14. The molecule has 1 amide bonds. The molecule has 0 spiro atoms. The average molecular weight is 229 g/mol. The lowest BCUT2D eigenvalue weighted by Gasteiger charge is -2.11. The van der Waals surface area contributed by atoms with Gasteiger partial charge in [-0.15, -0.1) is 0 Å². The Morgan fingerprint density at radius 2 is 2.40 bits per heavy atom. The number of nitrogens with one attached hydrogen (secondary N) is 1. The maximum atomic E-state index is 11.7. The number of nitrogen functional groups attached to an aromatic ring is 1. The first-order valence-corrected chi connectivity index (χ1v) is 5.51. The number of aromatic nitrogens is 1. The summed E-state index contributed by atoms with van der Waals surface area (Å²) in [7, 11) is 0. The van der Waals surface area contributed by atoms with Crippen LogP contribution in [0.4, 0.5) is 5.13 Å². The van der Waals surface area contributed by atoms with E-state index >= 15 is 0 Å². The zero-order valence-corrected chi connectivity index (χ0v) is 9.60. The van der Waals surface area contributed by atoms with Gasteiger partial charge in [0.05, 0.1) is 5.69 Å². The van der Waals surface area contributed by atoms with E-state index in [4.69, 9.17) is 10.8 Å². The topological polar surface area (TPSA) is 88.2 Å². The first-order valence-electron chi connectivity index (χ1n) is 4.69. The highest BCUT2D eigenvalue weighted by atomic mass is 32.1. The van der Waals surface area contributed by atoms with E-state index < -0.39 is 0 Å². The minimum absolute atomic E-state index is 0.0507. The third-order valence-corrected chi connectivity index (χ3v) is 2.94. The summed E-state index contributed by atoms with van der Waals surface area (Å²) < 4.78 is 0. The number of aryl methyl sites for hydroxylation is 1. The molecule has 0 aliphatic carbocycles. The van der Waals surface area contributed by atoms with Crippen LogP contribution in [0.5, 0.6) is 0 Å². The molecule has 0 bridgehead atoms. The normalized spacial score (nSPS) is 12.5. The summed E-state index contributed by atoms with van der Waals surface area (Å²) in [6, 6.07) is -0.0507. The molecule has 15 heavy (non-hydrogen) atoms. The van der Waals surface area contributed by atoms with Crippen LogP contribution in [0.3, 0.4) is 0 Å². The smallest absolute Gasteiger partial charge is 0.263 e. The molecule has 1 aromatic heterocycles. The lowest BCUT2D eigenvalue weighted by atomic mass is 10.2. The fourth-order valence-corrected chi connectivity index (χ4v) is 1.92. The minimum atomic E-state index is -0.178. The van der Waals surface area contributed by atoms with Gasteiger partial charge in [0.2, 0.25) is 0 Å². The van der Waals surface area contributed by atoms with Gasteiger partial charge in [-0.3, -0.25) is 4.79 Å². The highest BCUT2D eigenvalue weighted by Crippen LogP contribution is 2.19. The summed E-state index contributed by atoms with van der Waals surface area (Å²) in [6.45, 7) is 3.65. The van der Waals surface area contributed by atoms with Crippen LogP contribution in [0.25, 0.3) is 0 Å². The molecule has 0 radical (unpaired) electrons. The van der Waals surface area contributed by atoms with E-state index in [0.717, 1.165) is 0 Å². The van der Waals surface area contributed by atoms with Crippen molar-refractivity contribution in [1.29, 1.82) is 0 Å². The van der Waals surface area contributed by atoms with Crippen LogP contribution < -0.4 is 11.1 Å². The van der Waals surface area contributed by atoms with Crippen LogP contribution in [-0.4, -0.2) is 28.6 Å². The molecular formula is C9H15N3O2S. The third kappa shape index (κ3) is 3.17. The molecule has 5 nitrogen and oxygen atoms in total. The van der Waals surface area contributed by atoms with Gasteiger partial charge in [0.25, 0.3) is 5.91 Å². The van der Waals surface area contributed by atoms with Crippen molar-refractivity contribution in [2.45, 2.75) is 26.3 Å². The zero-order valence-electron chi connectivity index (χ0n) is 8.78. The second-order valence-electron chi connectivity index (χ2n) is 3.35. The van der Waals surface area contributed by atoms with Crippen molar-refractivity contribution < 1.29 is 9.90 Å². The number of nitrogens with two attached hydrogens (primary N) is 1. The molecule has 0 aromatic carbocycles. The van der Waals surface area contributed by atoms with Gasteiger partial charge < -0.3 is 16.2 Å². The Kier molecular flexibility index (Phi) is 4.05. The van der Waals surface area contributed by atoms with Gasteiger partial charge in [0.15, 0.2) is 5.13 Å². The maximum absolute atomic E-state index is 11.7. The Morgan fingerprint density at radius 1 is 1.73 bits per heavy atom. The van der Waals surface area contributed by atoms with Gasteiger partial charge in [-0.2, -0.15) is 0 Å². The predicted molar refractivity (Wildman–Crippen MR) is 59.9 cm³/mol. The van der Waals surface area contributed by atoms with Gasteiger partial charge in [0.1, 0.15) is 4.88 Å². The number of amides is 1. The van der Waals surface area contributed by atoms with Crippen molar-refractivity contribution in [3.8, 4) is 0 Å². The summed E-state index contributed by atoms with van der Waals surface area (Å²) in [4.78, 5) is 16.2. The first-order chi connectivity index (χ1) is 7.04. The molecule has 6 heteroatoms. The molecule has 84 valence electrons. The van der Waals surface area contributed by atoms with E-state index in [2.05, 4.69) is 10.3 Å². The van der Waals surface area contributed by atoms with Crippen LogP contribution >= 0.6 is 11.3 Å². The molecule has 1 atom stereocenters. The molecule has 1 aromatic rings. The monoisotopic (exact) mass is 229 g/mol. The highest BCUT2D eigenvalue weighted by molar-refractivity contribution is 7.17. The van der Waals surface area contributed by atoms with Gasteiger partial charge in [-0.05, 0) is 20.3 Å². The van der Waals surface area contributed by atoms with Crippen molar-refractivity contribution in [2.75, 3.05) is 12.3 Å². The van der Waals surface area contributed by atoms with Crippen LogP contribution in [-0.2, 0) is 0 Å². The molecule has 0 aliphatic rings. The number of carbonyl (C=O) groups is 1. The van der Waals surface area contributed by atoms with Crippen LogP contribution in [0.1, 0.15) is 28.7 Å². The summed E-state index contributed by atoms with van der Waals surface area (Å²) in [5.74, 6) is -0.178. The van der Waals surface area contributed by atoms with Crippen LogP contribution in [0, 0.1) is 6.92 Å². The zero-order chi connectivity index (χ0) is 11.4. The lowest BCUT2D eigenvalue weighted by molar-refractivity contribution is 0.0937. The van der Waals surface area contributed by atoms with Crippen molar-refractivity contribution in [2.24, 2.45) is 0 Å². The fraction of sp³-hybridized carbons (Fsp3) is 0.556. The number of aliphatic hydroxyl groups excluding tert-OH is 1. The Balaban J connectivity index is 2.65. The Bertz CT molecular complexity index is 351. The number of hydrogen-bond acceptors (Lipinski definition) is 5. The first kappa shape index (κ1) is 11.9. The Labute approximate surface area is 92.3 Å². The van der Waals surface area contributed by atoms with Crippen LogP contribution in [0.15, 0.2) is 0 Å². The molecule has 0 saturated carbocycles. The van der Waals surface area contributed by atoms with Crippen molar-refractivity contribution in [3.05, 3.63) is 10.6 Å². The molecule has 0 fully saturated rings. The number of rotatable bonds is 4. The van der Waals surface area contributed by atoms with E-state index in [9.17, 15) is 4.79 Å². The Morgan fingerprint density at radius 3 is 2.87 bits per heavy atom. The van der Waals surface area contributed by atoms with Crippen molar-refractivity contribution in [1.82, 2.24) is 10.3 Å². The number of carbonyl (C=O) groups excluding carboxylic acids is 1. The molecule has 4 N–H and O–H groups in total. The standard InChI is InChI=1S/C9H15N3O2S/c1-5(3-4-13)11-8(14)7-6(2)12-9(10)15-7/h5,13H,3-4H2,1-2H3,(H2,10,12)(H,11,14). The van der Waals surface area contributed by atoms with Gasteiger partial charge >= 0.3 is 0 Å². The maximum Gasteiger partial charge on any atom is 0.263 e. The van der Waals surface area contributed by atoms with E-state index in [0.29, 0.717) is 22.1 Å². The van der Waals surface area contributed by atoms with Gasteiger partial charge in [-0.25, -0.2) is 4.98 Å². The number of nitrogens with zero attached hydrogens (tertiary/aromatic N) is 1. The van der Waals surface area contributed by atoms with Crippen molar-refractivity contribution >= 4 is 22.4 Å². The fourth-order valence-electron chi connectivity index (χ4n) is 1.18. The number of thiazole rings is 1. The summed E-state index contributed by atoms with van der Waals surface area (Å²) in [6.07, 6.45) is 0.541. The second-order valence-corrected chi connectivity index (χ2v) is 4.38. The molecule has 0 aliphatic heterocycles. The van der Waals surface area contributed by atoms with E-state index in [-0.39, 0.29) is 18.6 Å². The van der Waals surface area contributed by atoms with E-state index in [1.54, 1.807) is 6.92 Å². The second kappa shape index (κ2) is 5.09. The average Bonchev–Trinajstić information content (AvgIpc) is 2.45. The largest absolute Gasteiger partial charge is 0.396 e. The predicted octanol–water partition coefficient (Wildman–Crippen LogP) is 0.534. The van der Waals surface area contributed by atoms with Gasteiger partial charge in [-0.1, -0.05) is 11.3 Å². The van der Waals surface area contributed by atoms with E-state index in [1.807, 2.05) is 6.92 Å². The molecule has 0 saturated heterocycles. The van der Waals surface area contributed by atoms with Crippen LogP contribution in [0.2, 0.25) is 0 Å². The number of aliphatic hydroxyl groups is 1.